The molecule has 1 aliphatic heterocycles. The Kier molecular flexibility index (Phi) is 14.2. The molecule has 0 spiro atoms. The zero-order valence-electron chi connectivity index (χ0n) is 8.86. The van der Waals surface area contributed by atoms with Gasteiger partial charge in [0.2, 0.25) is 0 Å². The Labute approximate surface area is 102 Å². The zero-order chi connectivity index (χ0) is 9.78. The van der Waals surface area contributed by atoms with E-state index < -0.39 is 0 Å². The third-order valence-electron chi connectivity index (χ3n) is 2.06. The predicted molar refractivity (Wildman–Crippen MR) is 74.2 cm³/mol. The quantitative estimate of drug-likeness (QED) is 0.395. The number of thioether (sulfide) groups is 1. The molecule has 1 heterocycles. The van der Waals surface area contributed by atoms with E-state index in [4.69, 9.17) is 0 Å². The first-order chi connectivity index (χ1) is 6.41. The summed E-state index contributed by atoms with van der Waals surface area (Å²) in [7, 11) is 0. The molecule has 13 heavy (non-hydrogen) atoms. The minimum absolute atomic E-state index is 1.33. The summed E-state index contributed by atoms with van der Waals surface area (Å²) in [5.74, 6) is 2.83. The fraction of sp³-hybridized carbons (Fsp3) is 1.00. The van der Waals surface area contributed by atoms with Crippen LogP contribution in [0.1, 0.15) is 51.9 Å². The number of unbranched alkanes of at least 4 members (excludes halogenated alkanes) is 4. The third kappa shape index (κ3) is 13.1. The molecule has 0 aromatic carbocycles. The molecule has 0 aliphatic carbocycles. The molecule has 0 radical (unpaired) electrons. The number of halogens is 1. The van der Waals surface area contributed by atoms with Crippen molar-refractivity contribution in [3.63, 3.8) is 0 Å². The van der Waals surface area contributed by atoms with Crippen molar-refractivity contribution in [1.82, 2.24) is 0 Å². The highest BCUT2D eigenvalue weighted by molar-refractivity contribution is 14.1. The highest BCUT2D eigenvalue weighted by Crippen LogP contribution is 2.14. The highest BCUT2D eigenvalue weighted by atomic mass is 127. The summed E-state index contributed by atoms with van der Waals surface area (Å²) in [6, 6.07) is 0. The molecule has 0 nitrogen and oxygen atoms in total. The molecule has 1 fully saturated rings. The van der Waals surface area contributed by atoms with Crippen molar-refractivity contribution in [2.75, 3.05) is 15.9 Å². The van der Waals surface area contributed by atoms with Crippen LogP contribution in [0.3, 0.4) is 0 Å². The average Bonchev–Trinajstić information content (AvgIpc) is 2.70. The van der Waals surface area contributed by atoms with Gasteiger partial charge in [-0.05, 0) is 35.2 Å². The summed E-state index contributed by atoms with van der Waals surface area (Å²) in [6.45, 7) is 2.25. The third-order valence-corrected chi connectivity index (χ3v) is 3.98. The van der Waals surface area contributed by atoms with Crippen LogP contribution in [-0.4, -0.2) is 15.9 Å². The van der Waals surface area contributed by atoms with Crippen LogP contribution in [0.15, 0.2) is 0 Å². The number of rotatable bonds is 5. The fourth-order valence-corrected chi connectivity index (χ4v) is 2.77. The molecular formula is C11H23IS. The topological polar surface area (TPSA) is 0 Å². The molecule has 0 aromatic rings. The van der Waals surface area contributed by atoms with Gasteiger partial charge < -0.3 is 0 Å². The Bertz CT molecular complexity index is 68.5. The largest absolute Gasteiger partial charge is 0.162 e. The van der Waals surface area contributed by atoms with Crippen molar-refractivity contribution in [2.45, 2.75) is 51.9 Å². The molecule has 0 aromatic heterocycles. The van der Waals surface area contributed by atoms with E-state index in [2.05, 4.69) is 41.3 Å². The monoisotopic (exact) mass is 314 g/mol. The van der Waals surface area contributed by atoms with Crippen LogP contribution < -0.4 is 0 Å². The minimum Gasteiger partial charge on any atom is -0.162 e. The van der Waals surface area contributed by atoms with Gasteiger partial charge in [0.25, 0.3) is 0 Å². The van der Waals surface area contributed by atoms with Gasteiger partial charge in [0.05, 0.1) is 0 Å². The van der Waals surface area contributed by atoms with E-state index >= 15 is 0 Å². The Balaban J connectivity index is 0.000000243. The highest BCUT2D eigenvalue weighted by Gasteiger charge is 1.95. The molecule has 80 valence electrons. The lowest BCUT2D eigenvalue weighted by Gasteiger charge is -1.93. The van der Waals surface area contributed by atoms with Crippen LogP contribution in [0, 0.1) is 0 Å². The smallest absolute Gasteiger partial charge is 0.000473 e. The van der Waals surface area contributed by atoms with Crippen LogP contribution in [0.4, 0.5) is 0 Å². The van der Waals surface area contributed by atoms with E-state index in [1.165, 1.54) is 60.9 Å². The number of alkyl halides is 1. The summed E-state index contributed by atoms with van der Waals surface area (Å²) in [4.78, 5) is 0. The summed E-state index contributed by atoms with van der Waals surface area (Å²) in [5.41, 5.74) is 0. The Morgan fingerprint density at radius 3 is 2.00 bits per heavy atom. The molecule has 0 atom stereocenters. The van der Waals surface area contributed by atoms with Crippen LogP contribution in [0.5, 0.6) is 0 Å². The van der Waals surface area contributed by atoms with Crippen molar-refractivity contribution >= 4 is 34.4 Å². The Morgan fingerprint density at radius 1 is 1.00 bits per heavy atom. The van der Waals surface area contributed by atoms with Crippen molar-refractivity contribution < 1.29 is 0 Å². The second-order valence-electron chi connectivity index (χ2n) is 3.42. The SMILES string of the molecule is C1CCSC1.CCCCCCCI. The first-order valence-corrected chi connectivity index (χ1v) is 8.23. The van der Waals surface area contributed by atoms with E-state index in [-0.39, 0.29) is 0 Å². The van der Waals surface area contributed by atoms with Gasteiger partial charge in [-0.1, -0.05) is 55.2 Å². The molecule has 1 rings (SSSR count). The minimum atomic E-state index is 1.33. The number of hydrogen-bond donors (Lipinski definition) is 0. The predicted octanol–water partition coefficient (Wildman–Crippen LogP) is 4.91. The molecule has 2 heteroatoms. The second kappa shape index (κ2) is 13.1. The molecule has 0 N–H and O–H groups in total. The zero-order valence-corrected chi connectivity index (χ0v) is 11.8. The average molecular weight is 314 g/mol. The maximum absolute atomic E-state index is 2.44. The lowest BCUT2D eigenvalue weighted by molar-refractivity contribution is 0.662. The van der Waals surface area contributed by atoms with Gasteiger partial charge in [-0.15, -0.1) is 0 Å². The summed E-state index contributed by atoms with van der Waals surface area (Å²) < 4.78 is 1.33. The maximum Gasteiger partial charge on any atom is -0.000473 e. The number of hydrogen-bond acceptors (Lipinski definition) is 1. The maximum atomic E-state index is 2.44. The fourth-order valence-electron chi connectivity index (χ4n) is 1.21. The standard InChI is InChI=1S/C7H15I.C4H8S/c1-2-3-4-5-6-7-8;1-2-4-5-3-1/h2-7H2,1H3;1-4H2. The molecule has 0 amide bonds. The summed E-state index contributed by atoms with van der Waals surface area (Å²) >= 11 is 4.51. The van der Waals surface area contributed by atoms with Crippen LogP contribution in [0.2, 0.25) is 0 Å². The van der Waals surface area contributed by atoms with E-state index in [0.717, 1.165) is 0 Å². The molecular weight excluding hydrogens is 291 g/mol. The normalized spacial score (nSPS) is 15.2. The molecule has 0 bridgehead atoms. The van der Waals surface area contributed by atoms with Crippen molar-refractivity contribution in [3.05, 3.63) is 0 Å². The first-order valence-electron chi connectivity index (χ1n) is 5.55. The Morgan fingerprint density at radius 2 is 1.62 bits per heavy atom. The van der Waals surface area contributed by atoms with Crippen LogP contribution >= 0.6 is 34.4 Å². The molecule has 1 aliphatic rings. The van der Waals surface area contributed by atoms with Gasteiger partial charge in [-0.2, -0.15) is 11.8 Å². The van der Waals surface area contributed by atoms with Crippen molar-refractivity contribution in [3.8, 4) is 0 Å². The van der Waals surface area contributed by atoms with E-state index in [0.29, 0.717) is 0 Å². The van der Waals surface area contributed by atoms with Gasteiger partial charge in [0.15, 0.2) is 0 Å². The van der Waals surface area contributed by atoms with E-state index in [1.54, 1.807) is 0 Å². The van der Waals surface area contributed by atoms with Crippen molar-refractivity contribution in [1.29, 1.82) is 0 Å². The van der Waals surface area contributed by atoms with E-state index in [9.17, 15) is 0 Å². The Hall–Kier alpha value is 1.08. The lowest BCUT2D eigenvalue weighted by Crippen LogP contribution is -1.76. The molecule has 0 unspecified atom stereocenters. The van der Waals surface area contributed by atoms with Gasteiger partial charge in [-0.25, -0.2) is 0 Å². The second-order valence-corrected chi connectivity index (χ2v) is 5.73. The molecule has 0 saturated carbocycles. The van der Waals surface area contributed by atoms with E-state index in [1.807, 2.05) is 0 Å². The van der Waals surface area contributed by atoms with Crippen LogP contribution in [0.25, 0.3) is 0 Å². The summed E-state index contributed by atoms with van der Waals surface area (Å²) in [6.07, 6.45) is 10.0. The van der Waals surface area contributed by atoms with Crippen LogP contribution in [-0.2, 0) is 0 Å². The van der Waals surface area contributed by atoms with Gasteiger partial charge in [0.1, 0.15) is 0 Å². The van der Waals surface area contributed by atoms with Gasteiger partial charge in [-0.3, -0.25) is 0 Å². The lowest BCUT2D eigenvalue weighted by atomic mass is 10.2. The van der Waals surface area contributed by atoms with Gasteiger partial charge in [0, 0.05) is 0 Å². The molecule has 1 saturated heterocycles. The summed E-state index contributed by atoms with van der Waals surface area (Å²) in [5, 5.41) is 0. The first kappa shape index (κ1) is 14.1. The van der Waals surface area contributed by atoms with Crippen molar-refractivity contribution in [2.24, 2.45) is 0 Å². The van der Waals surface area contributed by atoms with Gasteiger partial charge >= 0.3 is 0 Å².